The standard InChI is InChI=1S/C12H12FN/c1-7-4-10-8(2)6-14-9(3)12(10)11(13)5-7/h4-6H,1-3H3. The minimum absolute atomic E-state index is 0.172. The van der Waals surface area contributed by atoms with Crippen LogP contribution in [0, 0.1) is 26.6 Å². The van der Waals surface area contributed by atoms with E-state index >= 15 is 0 Å². The van der Waals surface area contributed by atoms with Crippen molar-refractivity contribution >= 4 is 10.8 Å². The van der Waals surface area contributed by atoms with Gasteiger partial charge in [-0.3, -0.25) is 4.98 Å². The summed E-state index contributed by atoms with van der Waals surface area (Å²) in [6, 6.07) is 3.55. The first-order valence-corrected chi connectivity index (χ1v) is 4.61. The number of hydrogen-bond donors (Lipinski definition) is 0. The maximum atomic E-state index is 13.6. The lowest BCUT2D eigenvalue weighted by atomic mass is 10.0. The predicted molar refractivity (Wildman–Crippen MR) is 55.9 cm³/mol. The fourth-order valence-electron chi connectivity index (χ4n) is 1.75. The normalized spacial score (nSPS) is 10.9. The van der Waals surface area contributed by atoms with Crippen LogP contribution in [0.25, 0.3) is 10.8 Å². The van der Waals surface area contributed by atoms with Gasteiger partial charge in [0.1, 0.15) is 5.82 Å². The van der Waals surface area contributed by atoms with Crippen LogP contribution in [0.1, 0.15) is 16.8 Å². The molecular formula is C12H12FN. The highest BCUT2D eigenvalue weighted by atomic mass is 19.1. The van der Waals surface area contributed by atoms with E-state index < -0.39 is 0 Å². The molecule has 0 radical (unpaired) electrons. The summed E-state index contributed by atoms with van der Waals surface area (Å²) >= 11 is 0. The summed E-state index contributed by atoms with van der Waals surface area (Å²) in [5.41, 5.74) is 2.72. The van der Waals surface area contributed by atoms with Crippen LogP contribution in [-0.4, -0.2) is 4.98 Å². The van der Waals surface area contributed by atoms with Crippen LogP contribution in [0.15, 0.2) is 18.3 Å². The van der Waals surface area contributed by atoms with Crippen LogP contribution >= 0.6 is 0 Å². The molecule has 2 rings (SSSR count). The maximum Gasteiger partial charge on any atom is 0.133 e. The minimum atomic E-state index is -0.172. The van der Waals surface area contributed by atoms with E-state index in [2.05, 4.69) is 4.98 Å². The molecule has 0 amide bonds. The smallest absolute Gasteiger partial charge is 0.133 e. The fraction of sp³-hybridized carbons (Fsp3) is 0.250. The Morgan fingerprint density at radius 3 is 2.57 bits per heavy atom. The number of hydrogen-bond acceptors (Lipinski definition) is 1. The maximum absolute atomic E-state index is 13.6. The van der Waals surface area contributed by atoms with Crippen LogP contribution in [0.4, 0.5) is 4.39 Å². The van der Waals surface area contributed by atoms with Gasteiger partial charge in [-0.25, -0.2) is 4.39 Å². The van der Waals surface area contributed by atoms with Gasteiger partial charge in [0.05, 0.1) is 0 Å². The van der Waals surface area contributed by atoms with Crippen molar-refractivity contribution in [2.75, 3.05) is 0 Å². The molecule has 1 aromatic carbocycles. The molecule has 14 heavy (non-hydrogen) atoms. The quantitative estimate of drug-likeness (QED) is 0.619. The molecule has 0 aliphatic carbocycles. The van der Waals surface area contributed by atoms with Gasteiger partial charge in [-0.1, -0.05) is 6.07 Å². The number of fused-ring (bicyclic) bond motifs is 1. The van der Waals surface area contributed by atoms with Gasteiger partial charge < -0.3 is 0 Å². The monoisotopic (exact) mass is 189 g/mol. The van der Waals surface area contributed by atoms with Crippen molar-refractivity contribution in [3.05, 3.63) is 41.0 Å². The van der Waals surface area contributed by atoms with Gasteiger partial charge in [0, 0.05) is 17.3 Å². The first-order valence-electron chi connectivity index (χ1n) is 4.61. The Balaban J connectivity index is 3.00. The SMILES string of the molecule is Cc1cc(F)c2c(C)ncc(C)c2c1. The van der Waals surface area contributed by atoms with Crippen LogP contribution in [-0.2, 0) is 0 Å². The summed E-state index contributed by atoms with van der Waals surface area (Å²) < 4.78 is 13.6. The molecular weight excluding hydrogens is 177 g/mol. The summed E-state index contributed by atoms with van der Waals surface area (Å²) in [6.45, 7) is 5.69. The highest BCUT2D eigenvalue weighted by molar-refractivity contribution is 5.88. The third-order valence-corrected chi connectivity index (χ3v) is 2.47. The molecule has 0 bridgehead atoms. The average molecular weight is 189 g/mol. The van der Waals surface area contributed by atoms with E-state index in [4.69, 9.17) is 0 Å². The lowest BCUT2D eigenvalue weighted by Gasteiger charge is -2.06. The summed E-state index contributed by atoms with van der Waals surface area (Å²) in [5.74, 6) is -0.172. The largest absolute Gasteiger partial charge is 0.261 e. The Bertz CT molecular complexity index is 503. The van der Waals surface area contributed by atoms with Crippen LogP contribution < -0.4 is 0 Å². The Labute approximate surface area is 82.6 Å². The second-order valence-electron chi connectivity index (χ2n) is 3.70. The van der Waals surface area contributed by atoms with E-state index in [1.165, 1.54) is 0 Å². The zero-order valence-corrected chi connectivity index (χ0v) is 8.56. The minimum Gasteiger partial charge on any atom is -0.261 e. The number of halogens is 1. The van der Waals surface area contributed by atoms with Crippen LogP contribution in [0.5, 0.6) is 0 Å². The number of aromatic nitrogens is 1. The number of pyridine rings is 1. The van der Waals surface area contributed by atoms with E-state index in [0.29, 0.717) is 5.39 Å². The molecule has 0 aliphatic rings. The van der Waals surface area contributed by atoms with Gasteiger partial charge >= 0.3 is 0 Å². The van der Waals surface area contributed by atoms with E-state index in [-0.39, 0.29) is 5.82 Å². The lowest BCUT2D eigenvalue weighted by Crippen LogP contribution is -1.91. The fourth-order valence-corrected chi connectivity index (χ4v) is 1.75. The molecule has 1 heterocycles. The molecule has 2 aromatic rings. The number of aryl methyl sites for hydroxylation is 3. The molecule has 2 heteroatoms. The molecule has 0 N–H and O–H groups in total. The molecule has 0 saturated heterocycles. The Hall–Kier alpha value is -1.44. The summed E-state index contributed by atoms with van der Waals surface area (Å²) in [5, 5.41) is 1.62. The van der Waals surface area contributed by atoms with E-state index in [1.807, 2.05) is 26.8 Å². The van der Waals surface area contributed by atoms with Crippen molar-refractivity contribution in [2.45, 2.75) is 20.8 Å². The van der Waals surface area contributed by atoms with Crippen LogP contribution in [0.3, 0.4) is 0 Å². The summed E-state index contributed by atoms with van der Waals surface area (Å²) in [7, 11) is 0. The Morgan fingerprint density at radius 2 is 1.86 bits per heavy atom. The van der Waals surface area contributed by atoms with Crippen molar-refractivity contribution in [1.29, 1.82) is 0 Å². The molecule has 0 aliphatic heterocycles. The highest BCUT2D eigenvalue weighted by Gasteiger charge is 2.07. The second kappa shape index (κ2) is 3.05. The van der Waals surface area contributed by atoms with E-state index in [9.17, 15) is 4.39 Å². The van der Waals surface area contributed by atoms with Gasteiger partial charge in [0.15, 0.2) is 0 Å². The predicted octanol–water partition coefficient (Wildman–Crippen LogP) is 3.30. The van der Waals surface area contributed by atoms with Crippen molar-refractivity contribution in [2.24, 2.45) is 0 Å². The van der Waals surface area contributed by atoms with E-state index in [0.717, 1.165) is 22.2 Å². The third-order valence-electron chi connectivity index (χ3n) is 2.47. The summed E-state index contributed by atoms with van der Waals surface area (Å²) in [6.07, 6.45) is 1.79. The van der Waals surface area contributed by atoms with E-state index in [1.54, 1.807) is 12.3 Å². The van der Waals surface area contributed by atoms with Gasteiger partial charge in [-0.15, -0.1) is 0 Å². The van der Waals surface area contributed by atoms with Gasteiger partial charge in [-0.2, -0.15) is 0 Å². The Kier molecular flexibility index (Phi) is 1.99. The number of nitrogens with zero attached hydrogens (tertiary/aromatic N) is 1. The molecule has 0 unspecified atom stereocenters. The third kappa shape index (κ3) is 1.27. The van der Waals surface area contributed by atoms with Gasteiger partial charge in [-0.05, 0) is 43.4 Å². The van der Waals surface area contributed by atoms with Gasteiger partial charge in [0.2, 0.25) is 0 Å². The molecule has 0 saturated carbocycles. The molecule has 1 nitrogen and oxygen atoms in total. The van der Waals surface area contributed by atoms with Crippen molar-refractivity contribution in [3.63, 3.8) is 0 Å². The molecule has 0 atom stereocenters. The first-order chi connectivity index (χ1) is 6.59. The van der Waals surface area contributed by atoms with Crippen molar-refractivity contribution in [1.82, 2.24) is 4.98 Å². The molecule has 0 spiro atoms. The molecule has 72 valence electrons. The zero-order chi connectivity index (χ0) is 10.3. The van der Waals surface area contributed by atoms with Crippen molar-refractivity contribution in [3.8, 4) is 0 Å². The first kappa shape index (κ1) is 9.13. The van der Waals surface area contributed by atoms with Crippen molar-refractivity contribution < 1.29 is 4.39 Å². The zero-order valence-electron chi connectivity index (χ0n) is 8.56. The molecule has 1 aromatic heterocycles. The topological polar surface area (TPSA) is 12.9 Å². The average Bonchev–Trinajstić information content (AvgIpc) is 2.10. The van der Waals surface area contributed by atoms with Crippen LogP contribution in [0.2, 0.25) is 0 Å². The summed E-state index contributed by atoms with van der Waals surface area (Å²) in [4.78, 5) is 4.16. The highest BCUT2D eigenvalue weighted by Crippen LogP contribution is 2.24. The van der Waals surface area contributed by atoms with Gasteiger partial charge in [0.25, 0.3) is 0 Å². The Morgan fingerprint density at radius 1 is 1.14 bits per heavy atom. The lowest BCUT2D eigenvalue weighted by molar-refractivity contribution is 0.637. The number of rotatable bonds is 0. The molecule has 0 fully saturated rings. The second-order valence-corrected chi connectivity index (χ2v) is 3.70. The number of benzene rings is 1.